The first-order valence-corrected chi connectivity index (χ1v) is 6.75. The van der Waals surface area contributed by atoms with E-state index in [0.29, 0.717) is 23.3 Å². The van der Waals surface area contributed by atoms with Crippen molar-refractivity contribution < 1.29 is 9.59 Å². The number of hydrogen-bond acceptors (Lipinski definition) is 4. The second-order valence-electron chi connectivity index (χ2n) is 3.70. The molecule has 0 bridgehead atoms. The van der Waals surface area contributed by atoms with Crippen LogP contribution in [0.1, 0.15) is 35.7 Å². The Balaban J connectivity index is 2.73. The van der Waals surface area contributed by atoms with Crippen molar-refractivity contribution in [3.05, 3.63) is 35.4 Å². The van der Waals surface area contributed by atoms with Gasteiger partial charge in [-0.25, -0.2) is 0 Å². The van der Waals surface area contributed by atoms with Gasteiger partial charge < -0.3 is 0 Å². The molecule has 1 aromatic carbocycles. The van der Waals surface area contributed by atoms with Gasteiger partial charge in [0.25, 0.3) is 0 Å². The van der Waals surface area contributed by atoms with Crippen LogP contribution in [-0.4, -0.2) is 16.7 Å². The van der Waals surface area contributed by atoms with E-state index in [4.69, 9.17) is 5.26 Å². The van der Waals surface area contributed by atoms with Crippen molar-refractivity contribution >= 4 is 22.7 Å². The number of hydrogen-bond donors (Lipinski definition) is 0. The molecule has 0 atom stereocenters. The van der Waals surface area contributed by atoms with Gasteiger partial charge in [-0.3, -0.25) is 9.59 Å². The van der Waals surface area contributed by atoms with E-state index in [1.165, 1.54) is 18.7 Å². The smallest absolute Gasteiger partial charge is 0.185 e. The average Bonchev–Trinajstić information content (AvgIpc) is 2.38. The SMILES string of the molecule is CC(=O)SCCC#Cc1ccccc1C(=O)CC#N. The van der Waals surface area contributed by atoms with Crippen molar-refractivity contribution in [3.63, 3.8) is 0 Å². The van der Waals surface area contributed by atoms with E-state index in [0.717, 1.165) is 0 Å². The van der Waals surface area contributed by atoms with Gasteiger partial charge in [0.05, 0.1) is 12.5 Å². The first-order valence-electron chi connectivity index (χ1n) is 5.76. The number of benzene rings is 1. The van der Waals surface area contributed by atoms with E-state index in [-0.39, 0.29) is 17.3 Å². The van der Waals surface area contributed by atoms with E-state index >= 15 is 0 Å². The van der Waals surface area contributed by atoms with E-state index in [1.807, 2.05) is 6.07 Å². The Morgan fingerprint density at radius 3 is 2.74 bits per heavy atom. The molecule has 96 valence electrons. The van der Waals surface area contributed by atoms with Gasteiger partial charge in [-0.2, -0.15) is 5.26 Å². The van der Waals surface area contributed by atoms with Crippen LogP contribution in [0.25, 0.3) is 0 Å². The predicted molar refractivity (Wildman–Crippen MR) is 75.6 cm³/mol. The van der Waals surface area contributed by atoms with Crippen LogP contribution in [-0.2, 0) is 4.79 Å². The molecule has 3 nitrogen and oxygen atoms in total. The largest absolute Gasteiger partial charge is 0.293 e. The minimum atomic E-state index is -0.217. The van der Waals surface area contributed by atoms with Crippen LogP contribution in [0.5, 0.6) is 0 Å². The second-order valence-corrected chi connectivity index (χ2v) is 4.97. The molecule has 0 aliphatic carbocycles. The van der Waals surface area contributed by atoms with Gasteiger partial charge in [-0.05, 0) is 6.07 Å². The third-order valence-electron chi connectivity index (χ3n) is 2.22. The summed E-state index contributed by atoms with van der Waals surface area (Å²) in [6, 6.07) is 8.83. The normalized spacial score (nSPS) is 9.05. The van der Waals surface area contributed by atoms with Gasteiger partial charge in [0.1, 0.15) is 0 Å². The quantitative estimate of drug-likeness (QED) is 0.480. The zero-order valence-corrected chi connectivity index (χ0v) is 11.4. The number of thioether (sulfide) groups is 1. The standard InChI is InChI=1S/C15H13NO2S/c1-12(17)19-11-5-4-7-13-6-2-3-8-14(13)15(18)9-10-16/h2-3,6,8H,5,9,11H2,1H3. The lowest BCUT2D eigenvalue weighted by Gasteiger charge is -1.99. The fraction of sp³-hybridized carbons (Fsp3) is 0.267. The third-order valence-corrected chi connectivity index (χ3v) is 3.04. The van der Waals surface area contributed by atoms with Crippen LogP contribution in [0.4, 0.5) is 0 Å². The lowest BCUT2D eigenvalue weighted by molar-refractivity contribution is -0.109. The van der Waals surface area contributed by atoms with Gasteiger partial charge in [-0.1, -0.05) is 41.8 Å². The van der Waals surface area contributed by atoms with E-state index in [2.05, 4.69) is 11.8 Å². The molecular weight excluding hydrogens is 258 g/mol. The molecule has 0 aliphatic heterocycles. The van der Waals surface area contributed by atoms with Crippen molar-refractivity contribution in [2.24, 2.45) is 0 Å². The summed E-state index contributed by atoms with van der Waals surface area (Å²) in [4.78, 5) is 22.4. The molecule has 0 unspecified atom stereocenters. The maximum Gasteiger partial charge on any atom is 0.185 e. The average molecular weight is 271 g/mol. The minimum absolute atomic E-state index is 0.0754. The molecular formula is C15H13NO2S. The lowest BCUT2D eigenvalue weighted by Crippen LogP contribution is -2.00. The highest BCUT2D eigenvalue weighted by Crippen LogP contribution is 2.10. The number of Topliss-reactive ketones (excluding diaryl/α,β-unsaturated/α-hetero) is 1. The Labute approximate surface area is 117 Å². The van der Waals surface area contributed by atoms with Crippen LogP contribution in [0.15, 0.2) is 24.3 Å². The van der Waals surface area contributed by atoms with Crippen LogP contribution in [0, 0.1) is 23.2 Å². The van der Waals surface area contributed by atoms with Crippen LogP contribution < -0.4 is 0 Å². The molecule has 19 heavy (non-hydrogen) atoms. The number of carbonyl (C=O) groups is 2. The van der Waals surface area contributed by atoms with Crippen molar-refractivity contribution in [2.45, 2.75) is 19.8 Å². The molecule has 0 fully saturated rings. The molecule has 0 amide bonds. The molecule has 1 aromatic rings. The Kier molecular flexibility index (Phi) is 6.43. The molecule has 0 N–H and O–H groups in total. The molecule has 0 saturated carbocycles. The number of nitrogens with zero attached hydrogens (tertiary/aromatic N) is 1. The van der Waals surface area contributed by atoms with Crippen molar-refractivity contribution in [2.75, 3.05) is 5.75 Å². The van der Waals surface area contributed by atoms with Crippen molar-refractivity contribution in [1.82, 2.24) is 0 Å². The Hall–Kier alpha value is -2.04. The fourth-order valence-corrected chi connectivity index (χ4v) is 1.90. The highest BCUT2D eigenvalue weighted by Gasteiger charge is 2.08. The van der Waals surface area contributed by atoms with Crippen molar-refractivity contribution in [3.8, 4) is 17.9 Å². The van der Waals surface area contributed by atoms with E-state index < -0.39 is 0 Å². The molecule has 0 aromatic heterocycles. The highest BCUT2D eigenvalue weighted by atomic mass is 32.2. The summed E-state index contributed by atoms with van der Waals surface area (Å²) < 4.78 is 0. The molecule has 0 heterocycles. The molecule has 0 aliphatic rings. The minimum Gasteiger partial charge on any atom is -0.293 e. The van der Waals surface area contributed by atoms with E-state index in [9.17, 15) is 9.59 Å². The first kappa shape index (κ1) is 15.0. The number of nitriles is 1. The Morgan fingerprint density at radius 2 is 2.05 bits per heavy atom. The molecule has 0 spiro atoms. The summed E-state index contributed by atoms with van der Waals surface area (Å²) in [6.07, 6.45) is 0.448. The van der Waals surface area contributed by atoms with Gasteiger partial charge in [0.2, 0.25) is 0 Å². The summed E-state index contributed by atoms with van der Waals surface area (Å²) in [5.74, 6) is 6.29. The maximum absolute atomic E-state index is 11.7. The number of ketones is 1. The predicted octanol–water partition coefficient (Wildman–Crippen LogP) is 2.80. The zero-order chi connectivity index (χ0) is 14.1. The topological polar surface area (TPSA) is 57.9 Å². The van der Waals surface area contributed by atoms with Gasteiger partial charge >= 0.3 is 0 Å². The Morgan fingerprint density at radius 1 is 1.32 bits per heavy atom. The fourth-order valence-electron chi connectivity index (χ4n) is 1.41. The van der Waals surface area contributed by atoms with Gasteiger partial charge in [0.15, 0.2) is 10.9 Å². The number of carbonyl (C=O) groups excluding carboxylic acids is 2. The van der Waals surface area contributed by atoms with Crippen LogP contribution in [0.3, 0.4) is 0 Å². The van der Waals surface area contributed by atoms with Gasteiger partial charge in [-0.15, -0.1) is 0 Å². The van der Waals surface area contributed by atoms with Crippen LogP contribution in [0.2, 0.25) is 0 Å². The molecule has 4 heteroatoms. The van der Waals surface area contributed by atoms with E-state index in [1.54, 1.807) is 24.3 Å². The second kappa shape index (κ2) is 8.13. The maximum atomic E-state index is 11.7. The summed E-state index contributed by atoms with van der Waals surface area (Å²) in [7, 11) is 0. The lowest BCUT2D eigenvalue weighted by atomic mass is 10.0. The zero-order valence-electron chi connectivity index (χ0n) is 10.6. The summed E-state index contributed by atoms with van der Waals surface area (Å²) >= 11 is 1.23. The first-order chi connectivity index (χ1) is 9.15. The third kappa shape index (κ3) is 5.42. The summed E-state index contributed by atoms with van der Waals surface area (Å²) in [6.45, 7) is 1.52. The van der Waals surface area contributed by atoms with Crippen molar-refractivity contribution in [1.29, 1.82) is 5.26 Å². The number of rotatable bonds is 4. The molecule has 0 radical (unpaired) electrons. The summed E-state index contributed by atoms with van der Waals surface area (Å²) in [5, 5.41) is 8.62. The highest BCUT2D eigenvalue weighted by molar-refractivity contribution is 8.13. The van der Waals surface area contributed by atoms with Crippen LogP contribution >= 0.6 is 11.8 Å². The Bertz CT molecular complexity index is 576. The summed E-state index contributed by atoms with van der Waals surface area (Å²) in [5.41, 5.74) is 1.12. The molecule has 1 rings (SSSR count). The monoisotopic (exact) mass is 271 g/mol. The molecule has 0 saturated heterocycles. The van der Waals surface area contributed by atoms with Gasteiger partial charge in [0, 0.05) is 30.2 Å².